The fourth-order valence-corrected chi connectivity index (χ4v) is 2.15. The zero-order valence-electron chi connectivity index (χ0n) is 14.2. The molecule has 0 unspecified atom stereocenters. The van der Waals surface area contributed by atoms with Crippen LogP contribution in [0.4, 0.5) is 5.69 Å². The molecule has 0 spiro atoms. The Hall–Kier alpha value is -1.55. The van der Waals surface area contributed by atoms with Crippen LogP contribution in [0, 0.1) is 13.8 Å². The van der Waals surface area contributed by atoms with Crippen molar-refractivity contribution in [3.63, 3.8) is 0 Å². The van der Waals surface area contributed by atoms with Gasteiger partial charge in [0.1, 0.15) is 11.4 Å². The van der Waals surface area contributed by atoms with Gasteiger partial charge in [-0.25, -0.2) is 0 Å². The number of hydrogen-bond acceptors (Lipinski definition) is 3. The van der Waals surface area contributed by atoms with Crippen molar-refractivity contribution in [2.75, 3.05) is 11.9 Å². The lowest BCUT2D eigenvalue weighted by Crippen LogP contribution is -2.39. The quantitative estimate of drug-likeness (QED) is 0.866. The van der Waals surface area contributed by atoms with Crippen molar-refractivity contribution < 1.29 is 14.3 Å². The van der Waals surface area contributed by atoms with Crippen molar-refractivity contribution in [2.24, 2.45) is 0 Å². The van der Waals surface area contributed by atoms with Gasteiger partial charge in [0.15, 0.2) is 0 Å². The van der Waals surface area contributed by atoms with Gasteiger partial charge >= 0.3 is 0 Å². The van der Waals surface area contributed by atoms with E-state index in [9.17, 15) is 4.79 Å². The largest absolute Gasteiger partial charge is 0.490 e. The summed E-state index contributed by atoms with van der Waals surface area (Å²) in [7, 11) is 0. The van der Waals surface area contributed by atoms with Crippen molar-refractivity contribution in [3.8, 4) is 5.75 Å². The van der Waals surface area contributed by atoms with Crippen LogP contribution in [0.3, 0.4) is 0 Å². The smallest absolute Gasteiger partial charge is 0.256 e. The standard InChI is InChI=1S/C17H27NO3/c1-8-20-17(6,7)16(19)18-14-9-12(4)15(13(5)10-14)21-11(2)3/h9-11H,8H2,1-7H3,(H,18,19). The molecule has 0 aromatic heterocycles. The van der Waals surface area contributed by atoms with E-state index in [1.165, 1.54) is 0 Å². The Labute approximate surface area is 127 Å². The molecule has 1 aromatic rings. The molecule has 0 radical (unpaired) electrons. The molecule has 0 aliphatic carbocycles. The summed E-state index contributed by atoms with van der Waals surface area (Å²) in [5, 5.41) is 2.91. The van der Waals surface area contributed by atoms with Gasteiger partial charge in [-0.15, -0.1) is 0 Å². The fraction of sp³-hybridized carbons (Fsp3) is 0.588. The maximum Gasteiger partial charge on any atom is 0.256 e. The summed E-state index contributed by atoms with van der Waals surface area (Å²) in [4.78, 5) is 12.2. The molecular weight excluding hydrogens is 266 g/mol. The van der Waals surface area contributed by atoms with E-state index in [4.69, 9.17) is 9.47 Å². The third kappa shape index (κ3) is 4.74. The van der Waals surface area contributed by atoms with Crippen LogP contribution in [0.15, 0.2) is 12.1 Å². The van der Waals surface area contributed by atoms with E-state index >= 15 is 0 Å². The Morgan fingerprint density at radius 3 is 2.19 bits per heavy atom. The molecule has 1 aromatic carbocycles. The molecule has 0 aliphatic rings. The number of nitrogens with one attached hydrogen (secondary N) is 1. The minimum atomic E-state index is -0.844. The van der Waals surface area contributed by atoms with Crippen molar-refractivity contribution in [1.82, 2.24) is 0 Å². The molecule has 1 rings (SSSR count). The maximum atomic E-state index is 12.2. The second kappa shape index (κ2) is 6.94. The topological polar surface area (TPSA) is 47.6 Å². The van der Waals surface area contributed by atoms with E-state index in [2.05, 4.69) is 5.32 Å². The Bertz CT molecular complexity index is 484. The molecule has 0 bridgehead atoms. The normalized spacial score (nSPS) is 11.6. The second-order valence-corrected chi connectivity index (χ2v) is 6.00. The number of ether oxygens (including phenoxy) is 2. The van der Waals surface area contributed by atoms with Gasteiger partial charge in [0, 0.05) is 12.3 Å². The van der Waals surface area contributed by atoms with Gasteiger partial charge in [0.05, 0.1) is 6.10 Å². The van der Waals surface area contributed by atoms with Crippen molar-refractivity contribution in [1.29, 1.82) is 0 Å². The van der Waals surface area contributed by atoms with E-state index in [0.717, 1.165) is 22.6 Å². The van der Waals surface area contributed by atoms with Gasteiger partial charge in [-0.2, -0.15) is 0 Å². The maximum absolute atomic E-state index is 12.2. The number of hydrogen-bond donors (Lipinski definition) is 1. The predicted molar refractivity (Wildman–Crippen MR) is 86.0 cm³/mol. The summed E-state index contributed by atoms with van der Waals surface area (Å²) in [6.45, 7) is 13.9. The number of benzene rings is 1. The molecule has 0 heterocycles. The summed E-state index contributed by atoms with van der Waals surface area (Å²) in [6.07, 6.45) is 0.125. The summed E-state index contributed by atoms with van der Waals surface area (Å²) < 4.78 is 11.3. The highest BCUT2D eigenvalue weighted by molar-refractivity contribution is 5.97. The minimum absolute atomic E-state index is 0.125. The number of carbonyl (C=O) groups is 1. The Balaban J connectivity index is 2.94. The molecule has 0 aliphatic heterocycles. The molecule has 0 atom stereocenters. The lowest BCUT2D eigenvalue weighted by Gasteiger charge is -2.24. The zero-order valence-corrected chi connectivity index (χ0v) is 14.2. The lowest BCUT2D eigenvalue weighted by atomic mass is 10.1. The van der Waals surface area contributed by atoms with E-state index in [1.807, 2.05) is 46.8 Å². The first kappa shape index (κ1) is 17.5. The summed E-state index contributed by atoms with van der Waals surface area (Å²) in [5.41, 5.74) is 1.93. The first-order valence-electron chi connectivity index (χ1n) is 7.40. The molecule has 21 heavy (non-hydrogen) atoms. The van der Waals surface area contributed by atoms with Gasteiger partial charge < -0.3 is 14.8 Å². The number of anilines is 1. The van der Waals surface area contributed by atoms with E-state index in [1.54, 1.807) is 13.8 Å². The molecule has 0 saturated heterocycles. The summed E-state index contributed by atoms with van der Waals surface area (Å²) in [5.74, 6) is 0.729. The van der Waals surface area contributed by atoms with Gasteiger partial charge in [-0.3, -0.25) is 4.79 Å². The molecule has 4 nitrogen and oxygen atoms in total. The van der Waals surface area contributed by atoms with Crippen molar-refractivity contribution >= 4 is 11.6 Å². The first-order valence-corrected chi connectivity index (χ1v) is 7.40. The van der Waals surface area contributed by atoms with Gasteiger partial charge in [0.2, 0.25) is 0 Å². The van der Waals surface area contributed by atoms with Crippen LogP contribution < -0.4 is 10.1 Å². The van der Waals surface area contributed by atoms with Crippen molar-refractivity contribution in [3.05, 3.63) is 23.3 Å². The van der Waals surface area contributed by atoms with E-state index in [-0.39, 0.29) is 12.0 Å². The number of aryl methyl sites for hydroxylation is 2. The predicted octanol–water partition coefficient (Wildman–Crippen LogP) is 3.84. The van der Waals surface area contributed by atoms with Crippen LogP contribution in [0.25, 0.3) is 0 Å². The number of amides is 1. The third-order valence-electron chi connectivity index (χ3n) is 3.12. The molecule has 0 saturated carbocycles. The molecular formula is C17H27NO3. The van der Waals surface area contributed by atoms with Crippen LogP contribution in [0.1, 0.15) is 45.7 Å². The SMILES string of the molecule is CCOC(C)(C)C(=O)Nc1cc(C)c(OC(C)C)c(C)c1. The lowest BCUT2D eigenvalue weighted by molar-refractivity contribution is -0.136. The highest BCUT2D eigenvalue weighted by Gasteiger charge is 2.28. The van der Waals surface area contributed by atoms with E-state index < -0.39 is 5.60 Å². The molecule has 118 valence electrons. The second-order valence-electron chi connectivity index (χ2n) is 6.00. The Morgan fingerprint density at radius 2 is 1.76 bits per heavy atom. The Kier molecular flexibility index (Phi) is 5.78. The van der Waals surface area contributed by atoms with E-state index in [0.29, 0.717) is 6.61 Å². The van der Waals surface area contributed by atoms with Crippen molar-refractivity contribution in [2.45, 2.75) is 60.2 Å². The molecule has 1 N–H and O–H groups in total. The highest BCUT2D eigenvalue weighted by Crippen LogP contribution is 2.28. The van der Waals surface area contributed by atoms with Gasteiger partial charge in [-0.1, -0.05) is 0 Å². The van der Waals surface area contributed by atoms with Crippen LogP contribution in [0.2, 0.25) is 0 Å². The summed E-state index contributed by atoms with van der Waals surface area (Å²) >= 11 is 0. The average Bonchev–Trinajstić information content (AvgIpc) is 2.33. The average molecular weight is 293 g/mol. The first-order chi connectivity index (χ1) is 9.67. The third-order valence-corrected chi connectivity index (χ3v) is 3.12. The van der Waals surface area contributed by atoms with Gasteiger partial charge in [-0.05, 0) is 71.7 Å². The summed E-state index contributed by atoms with van der Waals surface area (Å²) in [6, 6.07) is 3.84. The number of rotatable bonds is 6. The Morgan fingerprint density at radius 1 is 1.24 bits per heavy atom. The molecule has 4 heteroatoms. The van der Waals surface area contributed by atoms with Gasteiger partial charge in [0.25, 0.3) is 5.91 Å². The molecule has 1 amide bonds. The van der Waals surface area contributed by atoms with Crippen LogP contribution in [0.5, 0.6) is 5.75 Å². The van der Waals surface area contributed by atoms with Crippen LogP contribution in [-0.4, -0.2) is 24.2 Å². The fourth-order valence-electron chi connectivity index (χ4n) is 2.15. The van der Waals surface area contributed by atoms with Crippen LogP contribution in [-0.2, 0) is 9.53 Å². The number of carbonyl (C=O) groups excluding carboxylic acids is 1. The highest BCUT2D eigenvalue weighted by atomic mass is 16.5. The molecule has 0 fully saturated rings. The minimum Gasteiger partial charge on any atom is -0.490 e. The zero-order chi connectivity index (χ0) is 16.2. The monoisotopic (exact) mass is 293 g/mol. The van der Waals surface area contributed by atoms with Crippen LogP contribution >= 0.6 is 0 Å².